The van der Waals surface area contributed by atoms with Crippen LogP contribution in [0.4, 0.5) is 0 Å². The number of carbonyl (C=O) groups is 2. The first kappa shape index (κ1) is 16.9. The molecule has 2 N–H and O–H groups in total. The Balaban J connectivity index is 2.33. The Morgan fingerprint density at radius 2 is 1.72 bits per heavy atom. The summed E-state index contributed by atoms with van der Waals surface area (Å²) >= 11 is 0. The minimum absolute atomic E-state index is 0.161. The highest BCUT2D eigenvalue weighted by molar-refractivity contribution is 6.22. The van der Waals surface area contributed by atoms with Gasteiger partial charge in [-0.25, -0.2) is 4.79 Å². The van der Waals surface area contributed by atoms with Crippen LogP contribution >= 0.6 is 0 Å². The lowest BCUT2D eigenvalue weighted by Gasteiger charge is -2.15. The summed E-state index contributed by atoms with van der Waals surface area (Å²) in [4.78, 5) is 24.6. The van der Waals surface area contributed by atoms with Crippen molar-refractivity contribution in [3.63, 3.8) is 0 Å². The summed E-state index contributed by atoms with van der Waals surface area (Å²) in [6.45, 7) is 2.70. The van der Waals surface area contributed by atoms with E-state index in [-0.39, 0.29) is 11.5 Å². The molecule has 3 aromatic rings. The molecule has 3 rings (SSSR count). The van der Waals surface area contributed by atoms with Gasteiger partial charge in [-0.2, -0.15) is 0 Å². The molecular formula is C20H19NO4. The van der Waals surface area contributed by atoms with E-state index in [0.717, 1.165) is 16.3 Å². The molecule has 0 saturated carbocycles. The van der Waals surface area contributed by atoms with Crippen molar-refractivity contribution in [3.05, 3.63) is 59.2 Å². The number of nitrogens with one attached hydrogen (secondary N) is 1. The van der Waals surface area contributed by atoms with Crippen LogP contribution < -0.4 is 5.32 Å². The van der Waals surface area contributed by atoms with Gasteiger partial charge < -0.3 is 15.2 Å². The van der Waals surface area contributed by atoms with E-state index in [4.69, 9.17) is 4.74 Å². The molecule has 0 saturated heterocycles. The Bertz CT molecular complexity index is 978. The highest BCUT2D eigenvalue weighted by Crippen LogP contribution is 2.34. The van der Waals surface area contributed by atoms with E-state index in [1.807, 2.05) is 25.1 Å². The third kappa shape index (κ3) is 2.94. The molecule has 0 aromatic heterocycles. The molecule has 0 heterocycles. The largest absolute Gasteiger partial charge is 0.478 e. The molecule has 5 nitrogen and oxygen atoms in total. The summed E-state index contributed by atoms with van der Waals surface area (Å²) in [5.74, 6) is -1.35. The Hall–Kier alpha value is -2.92. The van der Waals surface area contributed by atoms with Gasteiger partial charge in [0, 0.05) is 24.6 Å². The van der Waals surface area contributed by atoms with Gasteiger partial charge in [-0.1, -0.05) is 36.4 Å². The quantitative estimate of drug-likeness (QED) is 0.553. The van der Waals surface area contributed by atoms with Crippen molar-refractivity contribution in [1.29, 1.82) is 0 Å². The molecule has 0 atom stereocenters. The van der Waals surface area contributed by atoms with Crippen molar-refractivity contribution >= 4 is 33.4 Å². The number of carboxylic acids is 1. The first-order chi connectivity index (χ1) is 12.1. The molecule has 128 valence electrons. The van der Waals surface area contributed by atoms with E-state index in [1.165, 1.54) is 0 Å². The van der Waals surface area contributed by atoms with Gasteiger partial charge in [0.1, 0.15) is 0 Å². The second kappa shape index (κ2) is 6.91. The third-order valence-electron chi connectivity index (χ3n) is 4.37. The van der Waals surface area contributed by atoms with Gasteiger partial charge in [0.05, 0.1) is 12.2 Å². The van der Waals surface area contributed by atoms with Crippen molar-refractivity contribution in [2.24, 2.45) is 0 Å². The lowest BCUT2D eigenvalue weighted by Crippen LogP contribution is -2.27. The van der Waals surface area contributed by atoms with Gasteiger partial charge in [-0.3, -0.25) is 4.79 Å². The normalized spacial score (nSPS) is 11.0. The van der Waals surface area contributed by atoms with Gasteiger partial charge in [0.15, 0.2) is 0 Å². The average Bonchev–Trinajstić information content (AvgIpc) is 2.61. The number of amides is 1. The first-order valence-electron chi connectivity index (χ1n) is 8.00. The number of hydrogen-bond acceptors (Lipinski definition) is 3. The average molecular weight is 337 g/mol. The lowest BCUT2D eigenvalue weighted by atomic mass is 9.89. The number of fused-ring (bicyclic) bond motifs is 2. The smallest absolute Gasteiger partial charge is 0.336 e. The second-order valence-electron chi connectivity index (χ2n) is 5.83. The monoisotopic (exact) mass is 337 g/mol. The van der Waals surface area contributed by atoms with Gasteiger partial charge in [0.25, 0.3) is 5.91 Å². The number of ether oxygens (including phenoxy) is 1. The van der Waals surface area contributed by atoms with Crippen molar-refractivity contribution in [1.82, 2.24) is 5.32 Å². The summed E-state index contributed by atoms with van der Waals surface area (Å²) < 4.78 is 4.95. The number of aromatic carboxylic acids is 1. The van der Waals surface area contributed by atoms with Crippen molar-refractivity contribution in [2.75, 3.05) is 20.3 Å². The predicted octanol–water partition coefficient (Wildman–Crippen LogP) is 3.38. The zero-order chi connectivity index (χ0) is 18.0. The zero-order valence-corrected chi connectivity index (χ0v) is 14.1. The molecular weight excluding hydrogens is 318 g/mol. The standard InChI is InChI=1S/C20H19NO4/c1-12-13-6-3-4-7-15(13)18(20(23)24)17-14(12)8-5-9-16(17)19(22)21-10-11-25-2/h3-9H,10-11H2,1-2H3,(H,21,22)(H,23,24). The van der Waals surface area contributed by atoms with Crippen LogP contribution in [0, 0.1) is 6.92 Å². The number of methoxy groups -OCH3 is 1. The zero-order valence-electron chi connectivity index (χ0n) is 14.1. The van der Waals surface area contributed by atoms with Crippen molar-refractivity contribution in [3.8, 4) is 0 Å². The number of rotatable bonds is 5. The molecule has 25 heavy (non-hydrogen) atoms. The SMILES string of the molecule is COCCNC(=O)c1cccc2c(C)c3ccccc3c(C(=O)O)c12. The fourth-order valence-corrected chi connectivity index (χ4v) is 3.22. The van der Waals surface area contributed by atoms with Crippen LogP contribution in [0.15, 0.2) is 42.5 Å². The molecule has 0 aliphatic rings. The first-order valence-corrected chi connectivity index (χ1v) is 8.00. The highest BCUT2D eigenvalue weighted by atomic mass is 16.5. The second-order valence-corrected chi connectivity index (χ2v) is 5.83. The van der Waals surface area contributed by atoms with Crippen LogP contribution in [0.2, 0.25) is 0 Å². The fourth-order valence-electron chi connectivity index (χ4n) is 3.22. The Morgan fingerprint density at radius 3 is 2.40 bits per heavy atom. The highest BCUT2D eigenvalue weighted by Gasteiger charge is 2.21. The maximum absolute atomic E-state index is 12.6. The molecule has 0 radical (unpaired) electrons. The van der Waals surface area contributed by atoms with E-state index in [2.05, 4.69) is 5.32 Å². The van der Waals surface area contributed by atoms with Crippen LogP contribution in [0.25, 0.3) is 21.5 Å². The maximum atomic E-state index is 12.6. The molecule has 0 unspecified atom stereocenters. The van der Waals surface area contributed by atoms with Crippen LogP contribution in [0.5, 0.6) is 0 Å². The van der Waals surface area contributed by atoms with Gasteiger partial charge >= 0.3 is 5.97 Å². The van der Waals surface area contributed by atoms with E-state index in [9.17, 15) is 14.7 Å². The topological polar surface area (TPSA) is 75.6 Å². The van der Waals surface area contributed by atoms with E-state index < -0.39 is 5.97 Å². The van der Waals surface area contributed by atoms with Crippen molar-refractivity contribution in [2.45, 2.75) is 6.92 Å². The van der Waals surface area contributed by atoms with Gasteiger partial charge in [0.2, 0.25) is 0 Å². The molecule has 0 bridgehead atoms. The van der Waals surface area contributed by atoms with Crippen LogP contribution in [-0.2, 0) is 4.74 Å². The minimum Gasteiger partial charge on any atom is -0.478 e. The number of carboxylic acid groups (broad SMARTS) is 1. The van der Waals surface area contributed by atoms with E-state index in [0.29, 0.717) is 29.5 Å². The Morgan fingerprint density at radius 1 is 1.04 bits per heavy atom. The number of benzene rings is 3. The lowest BCUT2D eigenvalue weighted by molar-refractivity contribution is 0.0701. The summed E-state index contributed by atoms with van der Waals surface area (Å²) in [5, 5.41) is 15.4. The molecule has 1 amide bonds. The molecule has 0 spiro atoms. The molecule has 5 heteroatoms. The molecule has 3 aromatic carbocycles. The summed E-state index contributed by atoms with van der Waals surface area (Å²) in [6, 6.07) is 12.7. The van der Waals surface area contributed by atoms with Crippen LogP contribution in [0.3, 0.4) is 0 Å². The summed E-state index contributed by atoms with van der Waals surface area (Å²) in [7, 11) is 1.56. The fraction of sp³-hybridized carbons (Fsp3) is 0.200. The molecule has 0 fully saturated rings. The summed E-state index contributed by atoms with van der Waals surface area (Å²) in [5.41, 5.74) is 1.48. The van der Waals surface area contributed by atoms with E-state index >= 15 is 0 Å². The predicted molar refractivity (Wildman–Crippen MR) is 97.4 cm³/mol. The van der Waals surface area contributed by atoms with Crippen LogP contribution in [0.1, 0.15) is 26.3 Å². The number of hydrogen-bond donors (Lipinski definition) is 2. The third-order valence-corrected chi connectivity index (χ3v) is 4.37. The molecule has 0 aliphatic heterocycles. The van der Waals surface area contributed by atoms with E-state index in [1.54, 1.807) is 31.4 Å². The Kier molecular flexibility index (Phi) is 4.67. The summed E-state index contributed by atoms with van der Waals surface area (Å²) in [6.07, 6.45) is 0. The number of carbonyl (C=O) groups excluding carboxylic acids is 1. The van der Waals surface area contributed by atoms with Gasteiger partial charge in [-0.15, -0.1) is 0 Å². The maximum Gasteiger partial charge on any atom is 0.336 e. The van der Waals surface area contributed by atoms with Crippen molar-refractivity contribution < 1.29 is 19.4 Å². The number of aryl methyl sites for hydroxylation is 1. The van der Waals surface area contributed by atoms with Crippen LogP contribution in [-0.4, -0.2) is 37.2 Å². The molecule has 0 aliphatic carbocycles. The minimum atomic E-state index is -1.04. The van der Waals surface area contributed by atoms with Gasteiger partial charge in [-0.05, 0) is 34.7 Å². The Labute approximate surface area is 145 Å².